The first kappa shape index (κ1) is 15.2. The highest BCUT2D eigenvalue weighted by Gasteiger charge is 2.20. The summed E-state index contributed by atoms with van der Waals surface area (Å²) in [5.41, 5.74) is 1.18. The van der Waals surface area contributed by atoms with Crippen LogP contribution < -0.4 is 10.2 Å². The molecule has 0 spiro atoms. The van der Waals surface area contributed by atoms with Gasteiger partial charge in [0, 0.05) is 43.1 Å². The van der Waals surface area contributed by atoms with Gasteiger partial charge in [-0.15, -0.1) is 0 Å². The molecule has 1 N–H and O–H groups in total. The minimum atomic E-state index is 0.497. The first-order valence-corrected chi connectivity index (χ1v) is 8.05. The maximum Gasteiger partial charge on any atom is 0.225 e. The van der Waals surface area contributed by atoms with Crippen LogP contribution in [0.1, 0.15) is 58.4 Å². The van der Waals surface area contributed by atoms with Gasteiger partial charge < -0.3 is 10.2 Å². The van der Waals surface area contributed by atoms with Crippen LogP contribution in [0.2, 0.25) is 0 Å². The van der Waals surface area contributed by atoms with Crippen molar-refractivity contribution in [1.29, 1.82) is 0 Å². The number of nitrogens with one attached hydrogen (secondary N) is 1. The average Bonchev–Trinajstić information content (AvgIpc) is 3.30. The Morgan fingerprint density at radius 2 is 2.00 bits per heavy atom. The molecule has 4 nitrogen and oxygen atoms in total. The molecule has 2 rings (SSSR count). The van der Waals surface area contributed by atoms with Gasteiger partial charge in [0.1, 0.15) is 0 Å². The molecule has 4 heteroatoms. The highest BCUT2D eigenvalue weighted by molar-refractivity contribution is 5.31. The van der Waals surface area contributed by atoms with Gasteiger partial charge in [0.05, 0.1) is 0 Å². The van der Waals surface area contributed by atoms with Crippen LogP contribution in [0.25, 0.3) is 0 Å². The van der Waals surface area contributed by atoms with Gasteiger partial charge in [-0.25, -0.2) is 9.97 Å². The standard InChI is InChI=1S/C16H28N4/c1-4-6-9-20(13(3)5-2)16-18-11-14(12-19-16)10-17-15-7-8-15/h11-13,15,17H,4-10H2,1-3H3. The zero-order valence-electron chi connectivity index (χ0n) is 13.1. The summed E-state index contributed by atoms with van der Waals surface area (Å²) in [6.07, 6.45) is 10.1. The summed E-state index contributed by atoms with van der Waals surface area (Å²) in [4.78, 5) is 11.5. The number of hydrogen-bond donors (Lipinski definition) is 1. The van der Waals surface area contributed by atoms with Crippen molar-refractivity contribution in [2.45, 2.75) is 71.5 Å². The van der Waals surface area contributed by atoms with Crippen LogP contribution in [0.3, 0.4) is 0 Å². The fourth-order valence-electron chi connectivity index (χ4n) is 2.20. The second-order valence-electron chi connectivity index (χ2n) is 5.85. The Labute approximate surface area is 123 Å². The van der Waals surface area contributed by atoms with E-state index >= 15 is 0 Å². The predicted octanol–water partition coefficient (Wildman–Crippen LogP) is 3.13. The van der Waals surface area contributed by atoms with E-state index in [2.05, 4.69) is 41.0 Å². The van der Waals surface area contributed by atoms with Gasteiger partial charge in [-0.2, -0.15) is 0 Å². The van der Waals surface area contributed by atoms with Gasteiger partial charge in [-0.3, -0.25) is 0 Å². The molecule has 1 aromatic rings. The van der Waals surface area contributed by atoms with Crippen molar-refractivity contribution in [3.63, 3.8) is 0 Å². The minimum Gasteiger partial charge on any atom is -0.338 e. The number of anilines is 1. The van der Waals surface area contributed by atoms with Crippen LogP contribution >= 0.6 is 0 Å². The minimum absolute atomic E-state index is 0.497. The van der Waals surface area contributed by atoms with Crippen molar-refractivity contribution in [3.8, 4) is 0 Å². The molecule has 1 atom stereocenters. The molecule has 0 radical (unpaired) electrons. The Hall–Kier alpha value is -1.16. The Kier molecular flexibility index (Phi) is 5.77. The predicted molar refractivity (Wildman–Crippen MR) is 83.9 cm³/mol. The lowest BCUT2D eigenvalue weighted by Crippen LogP contribution is -2.35. The molecule has 112 valence electrons. The summed E-state index contributed by atoms with van der Waals surface area (Å²) in [5, 5.41) is 3.50. The molecule has 1 heterocycles. The molecule has 20 heavy (non-hydrogen) atoms. The van der Waals surface area contributed by atoms with Crippen LogP contribution in [0.5, 0.6) is 0 Å². The zero-order valence-corrected chi connectivity index (χ0v) is 13.1. The first-order valence-electron chi connectivity index (χ1n) is 8.05. The highest BCUT2D eigenvalue weighted by atomic mass is 15.3. The maximum absolute atomic E-state index is 4.57. The summed E-state index contributed by atoms with van der Waals surface area (Å²) in [5.74, 6) is 0.878. The van der Waals surface area contributed by atoms with E-state index in [0.29, 0.717) is 6.04 Å². The van der Waals surface area contributed by atoms with Gasteiger partial charge in [0.2, 0.25) is 5.95 Å². The van der Waals surface area contributed by atoms with Gasteiger partial charge in [0.15, 0.2) is 0 Å². The molecule has 1 fully saturated rings. The Balaban J connectivity index is 1.96. The monoisotopic (exact) mass is 276 g/mol. The van der Waals surface area contributed by atoms with Gasteiger partial charge in [-0.1, -0.05) is 20.3 Å². The van der Waals surface area contributed by atoms with E-state index in [9.17, 15) is 0 Å². The van der Waals surface area contributed by atoms with Crippen LogP contribution in [-0.2, 0) is 6.54 Å². The molecular formula is C16H28N4. The van der Waals surface area contributed by atoms with Crippen LogP contribution in [-0.4, -0.2) is 28.6 Å². The molecule has 1 saturated carbocycles. The van der Waals surface area contributed by atoms with Crippen LogP contribution in [0.4, 0.5) is 5.95 Å². The Morgan fingerprint density at radius 3 is 2.55 bits per heavy atom. The van der Waals surface area contributed by atoms with Crippen molar-refractivity contribution in [2.24, 2.45) is 0 Å². The van der Waals surface area contributed by atoms with Crippen molar-refractivity contribution in [1.82, 2.24) is 15.3 Å². The van der Waals surface area contributed by atoms with Crippen molar-refractivity contribution >= 4 is 5.95 Å². The molecule has 1 aliphatic rings. The van der Waals surface area contributed by atoms with E-state index in [0.717, 1.165) is 31.5 Å². The zero-order chi connectivity index (χ0) is 14.4. The van der Waals surface area contributed by atoms with E-state index < -0.39 is 0 Å². The molecule has 0 aromatic carbocycles. The van der Waals surface area contributed by atoms with Crippen molar-refractivity contribution in [3.05, 3.63) is 18.0 Å². The molecule has 1 unspecified atom stereocenters. The molecular weight excluding hydrogens is 248 g/mol. The second-order valence-corrected chi connectivity index (χ2v) is 5.85. The van der Waals surface area contributed by atoms with Crippen molar-refractivity contribution < 1.29 is 0 Å². The van der Waals surface area contributed by atoms with E-state index in [-0.39, 0.29) is 0 Å². The van der Waals surface area contributed by atoms with E-state index in [1.807, 2.05) is 12.4 Å². The highest BCUT2D eigenvalue weighted by Crippen LogP contribution is 2.19. The van der Waals surface area contributed by atoms with E-state index in [1.54, 1.807) is 0 Å². The molecule has 1 aliphatic carbocycles. The van der Waals surface area contributed by atoms with Crippen molar-refractivity contribution in [2.75, 3.05) is 11.4 Å². The smallest absolute Gasteiger partial charge is 0.225 e. The molecule has 0 bridgehead atoms. The third kappa shape index (κ3) is 4.44. The molecule has 0 amide bonds. The topological polar surface area (TPSA) is 41.1 Å². The average molecular weight is 276 g/mol. The van der Waals surface area contributed by atoms with Gasteiger partial charge in [-0.05, 0) is 32.6 Å². The van der Waals surface area contributed by atoms with Crippen LogP contribution in [0, 0.1) is 0 Å². The Bertz CT molecular complexity index is 386. The largest absolute Gasteiger partial charge is 0.338 e. The van der Waals surface area contributed by atoms with E-state index in [4.69, 9.17) is 0 Å². The van der Waals surface area contributed by atoms with Gasteiger partial charge in [0.25, 0.3) is 0 Å². The third-order valence-corrected chi connectivity index (χ3v) is 4.00. The van der Waals surface area contributed by atoms with Crippen LogP contribution in [0.15, 0.2) is 12.4 Å². The summed E-state index contributed by atoms with van der Waals surface area (Å²) < 4.78 is 0. The SMILES string of the molecule is CCCCN(c1ncc(CNC2CC2)cn1)C(C)CC. The summed E-state index contributed by atoms with van der Waals surface area (Å²) in [6, 6.07) is 1.23. The second kappa shape index (κ2) is 7.58. The van der Waals surface area contributed by atoms with Gasteiger partial charge >= 0.3 is 0 Å². The Morgan fingerprint density at radius 1 is 1.30 bits per heavy atom. The lowest BCUT2D eigenvalue weighted by atomic mass is 10.2. The summed E-state index contributed by atoms with van der Waals surface area (Å²) in [7, 11) is 0. The molecule has 0 saturated heterocycles. The molecule has 0 aliphatic heterocycles. The number of rotatable bonds is 9. The lowest BCUT2D eigenvalue weighted by molar-refractivity contribution is 0.581. The molecule has 1 aromatic heterocycles. The fourth-order valence-corrected chi connectivity index (χ4v) is 2.20. The maximum atomic E-state index is 4.57. The third-order valence-electron chi connectivity index (χ3n) is 4.00. The number of nitrogens with zero attached hydrogens (tertiary/aromatic N) is 3. The number of unbranched alkanes of at least 4 members (excludes halogenated alkanes) is 1. The fraction of sp³-hybridized carbons (Fsp3) is 0.750. The normalized spacial score (nSPS) is 16.1. The quantitative estimate of drug-likeness (QED) is 0.752. The lowest BCUT2D eigenvalue weighted by Gasteiger charge is -2.28. The number of aromatic nitrogens is 2. The van der Waals surface area contributed by atoms with E-state index in [1.165, 1.54) is 31.2 Å². The first-order chi connectivity index (χ1) is 9.74. The summed E-state index contributed by atoms with van der Waals surface area (Å²) >= 11 is 0. The summed E-state index contributed by atoms with van der Waals surface area (Å²) in [6.45, 7) is 8.63. The number of hydrogen-bond acceptors (Lipinski definition) is 4.